The van der Waals surface area contributed by atoms with Gasteiger partial charge in [-0.3, -0.25) is 9.79 Å². The maximum atomic E-state index is 11.9. The molecule has 1 unspecified atom stereocenters. The monoisotopic (exact) mass is 506 g/mol. The van der Waals surface area contributed by atoms with Crippen molar-refractivity contribution in [3.05, 3.63) is 24.3 Å². The van der Waals surface area contributed by atoms with E-state index in [1.165, 1.54) is 0 Å². The Bertz CT molecular complexity index is 584. The molecule has 0 aliphatic heterocycles. The number of benzene rings is 1. The van der Waals surface area contributed by atoms with Crippen molar-refractivity contribution in [1.82, 2.24) is 10.6 Å². The molecule has 160 valence electrons. The first-order valence-corrected chi connectivity index (χ1v) is 9.65. The summed E-state index contributed by atoms with van der Waals surface area (Å²) in [6, 6.07) is 7.91. The fraction of sp³-hybridized carbons (Fsp3) is 0.600. The van der Waals surface area contributed by atoms with Crippen LogP contribution < -0.4 is 20.7 Å². The predicted octanol–water partition coefficient (Wildman–Crippen LogP) is 3.40. The van der Waals surface area contributed by atoms with Crippen LogP contribution in [-0.2, 0) is 9.53 Å². The fourth-order valence-corrected chi connectivity index (χ4v) is 2.22. The van der Waals surface area contributed by atoms with Crippen LogP contribution in [-0.4, -0.2) is 51.3 Å². The lowest BCUT2D eigenvalue weighted by atomic mass is 10.2. The highest BCUT2D eigenvalue weighted by Gasteiger charge is 2.06. The van der Waals surface area contributed by atoms with Gasteiger partial charge in [-0.05, 0) is 32.4 Å². The number of carbonyl (C=O) groups excluding carboxylic acids is 1. The summed E-state index contributed by atoms with van der Waals surface area (Å²) in [7, 11) is 1.68. The molecule has 0 saturated heterocycles. The van der Waals surface area contributed by atoms with E-state index in [1.807, 2.05) is 45.0 Å². The molecule has 0 aromatic heterocycles. The summed E-state index contributed by atoms with van der Waals surface area (Å²) in [6.45, 7) is 8.49. The van der Waals surface area contributed by atoms with Crippen LogP contribution in [0.2, 0.25) is 0 Å². The van der Waals surface area contributed by atoms with Gasteiger partial charge in [0.05, 0.1) is 13.2 Å². The number of hydrogen-bond acceptors (Lipinski definition) is 4. The molecule has 0 heterocycles. The Balaban J connectivity index is 0.00000729. The average Bonchev–Trinajstić information content (AvgIpc) is 2.65. The van der Waals surface area contributed by atoms with E-state index in [2.05, 4.69) is 20.9 Å². The topological polar surface area (TPSA) is 84.0 Å². The lowest BCUT2D eigenvalue weighted by Gasteiger charge is -2.13. The van der Waals surface area contributed by atoms with Gasteiger partial charge < -0.3 is 25.4 Å². The second-order valence-corrected chi connectivity index (χ2v) is 6.24. The Labute approximate surface area is 186 Å². The molecule has 1 aromatic carbocycles. The van der Waals surface area contributed by atoms with Crippen LogP contribution in [0.1, 0.15) is 40.0 Å². The van der Waals surface area contributed by atoms with E-state index in [4.69, 9.17) is 9.47 Å². The minimum absolute atomic E-state index is 0. The Kier molecular flexibility index (Phi) is 15.5. The molecule has 1 aromatic rings. The third-order valence-corrected chi connectivity index (χ3v) is 3.83. The van der Waals surface area contributed by atoms with E-state index < -0.39 is 0 Å². The van der Waals surface area contributed by atoms with Crippen LogP contribution in [0.15, 0.2) is 29.3 Å². The van der Waals surface area contributed by atoms with Crippen LogP contribution in [0.3, 0.4) is 0 Å². The number of halogens is 1. The van der Waals surface area contributed by atoms with Crippen LogP contribution in [0, 0.1) is 0 Å². The number of nitrogens with one attached hydrogen (secondary N) is 3. The fourth-order valence-electron chi connectivity index (χ4n) is 2.22. The predicted molar refractivity (Wildman–Crippen MR) is 126 cm³/mol. The third kappa shape index (κ3) is 12.0. The van der Waals surface area contributed by atoms with Gasteiger partial charge in [-0.15, -0.1) is 24.0 Å². The summed E-state index contributed by atoms with van der Waals surface area (Å²) >= 11 is 0. The summed E-state index contributed by atoms with van der Waals surface area (Å²) in [5, 5.41) is 9.38. The largest absolute Gasteiger partial charge is 0.493 e. The lowest BCUT2D eigenvalue weighted by molar-refractivity contribution is -0.121. The van der Waals surface area contributed by atoms with Gasteiger partial charge in [0, 0.05) is 50.9 Å². The van der Waals surface area contributed by atoms with Crippen molar-refractivity contribution in [2.24, 2.45) is 4.99 Å². The normalized spacial score (nSPS) is 11.9. The summed E-state index contributed by atoms with van der Waals surface area (Å²) in [5.74, 6) is 1.46. The Morgan fingerprint density at radius 1 is 1.25 bits per heavy atom. The van der Waals surface area contributed by atoms with Crippen molar-refractivity contribution in [2.45, 2.75) is 46.1 Å². The van der Waals surface area contributed by atoms with E-state index in [0.717, 1.165) is 30.8 Å². The molecule has 7 nitrogen and oxygen atoms in total. The zero-order valence-electron chi connectivity index (χ0n) is 17.4. The number of ether oxygens (including phenoxy) is 2. The van der Waals surface area contributed by atoms with Gasteiger partial charge in [0.2, 0.25) is 5.91 Å². The standard InChI is InChI=1S/C20H34N4O3.HI/c1-5-16(3)23-19(25)11-12-22-20(21-6-2)24-17-9-7-10-18(15-17)27-14-8-13-26-4;/h7,9-10,15-16H,5-6,8,11-14H2,1-4H3,(H,23,25)(H2,21,22,24);1H. The number of guanidine groups is 1. The first-order valence-electron chi connectivity index (χ1n) is 9.65. The Morgan fingerprint density at radius 2 is 2.04 bits per heavy atom. The second kappa shape index (κ2) is 16.4. The number of amides is 1. The molecule has 3 N–H and O–H groups in total. The maximum Gasteiger partial charge on any atom is 0.222 e. The minimum Gasteiger partial charge on any atom is -0.493 e. The Hall–Kier alpha value is -1.55. The third-order valence-electron chi connectivity index (χ3n) is 3.83. The van der Waals surface area contributed by atoms with Crippen LogP contribution in [0.25, 0.3) is 0 Å². The number of anilines is 1. The zero-order valence-corrected chi connectivity index (χ0v) is 19.7. The molecule has 28 heavy (non-hydrogen) atoms. The number of hydrogen-bond donors (Lipinski definition) is 3. The number of methoxy groups -OCH3 is 1. The molecule has 0 bridgehead atoms. The van der Waals surface area contributed by atoms with Crippen molar-refractivity contribution in [3.63, 3.8) is 0 Å². The number of carbonyl (C=O) groups is 1. The van der Waals surface area contributed by atoms with Gasteiger partial charge in [0.1, 0.15) is 5.75 Å². The highest BCUT2D eigenvalue weighted by Crippen LogP contribution is 2.17. The van der Waals surface area contributed by atoms with Crippen LogP contribution >= 0.6 is 24.0 Å². The zero-order chi connectivity index (χ0) is 19.9. The molecular weight excluding hydrogens is 471 g/mol. The van der Waals surface area contributed by atoms with Gasteiger partial charge in [-0.2, -0.15) is 0 Å². The summed E-state index contributed by atoms with van der Waals surface area (Å²) < 4.78 is 10.7. The van der Waals surface area contributed by atoms with Gasteiger partial charge >= 0.3 is 0 Å². The molecule has 0 aliphatic rings. The summed E-state index contributed by atoms with van der Waals surface area (Å²) in [4.78, 5) is 16.3. The average molecular weight is 506 g/mol. The van der Waals surface area contributed by atoms with Gasteiger partial charge in [-0.1, -0.05) is 13.0 Å². The molecule has 0 aliphatic carbocycles. The summed E-state index contributed by atoms with van der Waals surface area (Å²) in [5.41, 5.74) is 0.878. The highest BCUT2D eigenvalue weighted by atomic mass is 127. The molecule has 8 heteroatoms. The van der Waals surface area contributed by atoms with E-state index in [1.54, 1.807) is 7.11 Å². The maximum absolute atomic E-state index is 11.9. The van der Waals surface area contributed by atoms with Gasteiger partial charge in [0.15, 0.2) is 5.96 Å². The molecule has 1 atom stereocenters. The number of nitrogens with zero attached hydrogens (tertiary/aromatic N) is 1. The molecule has 0 fully saturated rings. The van der Waals surface area contributed by atoms with E-state index in [-0.39, 0.29) is 35.9 Å². The number of rotatable bonds is 12. The van der Waals surface area contributed by atoms with Crippen molar-refractivity contribution < 1.29 is 14.3 Å². The molecule has 0 saturated carbocycles. The smallest absolute Gasteiger partial charge is 0.222 e. The van der Waals surface area contributed by atoms with Crippen molar-refractivity contribution in [1.29, 1.82) is 0 Å². The lowest BCUT2D eigenvalue weighted by Crippen LogP contribution is -2.33. The Morgan fingerprint density at radius 3 is 2.71 bits per heavy atom. The summed E-state index contributed by atoms with van der Waals surface area (Å²) in [6.07, 6.45) is 2.13. The number of aliphatic imine (C=N–C) groups is 1. The van der Waals surface area contributed by atoms with Crippen molar-refractivity contribution in [3.8, 4) is 5.75 Å². The molecule has 0 radical (unpaired) electrons. The highest BCUT2D eigenvalue weighted by molar-refractivity contribution is 14.0. The molecule has 1 rings (SSSR count). The first-order chi connectivity index (χ1) is 13.1. The minimum atomic E-state index is 0. The first kappa shape index (κ1) is 26.4. The van der Waals surface area contributed by atoms with Crippen molar-refractivity contribution >= 4 is 41.5 Å². The van der Waals surface area contributed by atoms with Crippen LogP contribution in [0.4, 0.5) is 5.69 Å². The van der Waals surface area contributed by atoms with Gasteiger partial charge in [-0.25, -0.2) is 0 Å². The van der Waals surface area contributed by atoms with E-state index in [9.17, 15) is 4.79 Å². The van der Waals surface area contributed by atoms with E-state index in [0.29, 0.717) is 32.1 Å². The molecule has 1 amide bonds. The van der Waals surface area contributed by atoms with Crippen LogP contribution in [0.5, 0.6) is 5.75 Å². The molecular formula is C20H35IN4O3. The van der Waals surface area contributed by atoms with Crippen molar-refractivity contribution in [2.75, 3.05) is 38.7 Å². The van der Waals surface area contributed by atoms with Gasteiger partial charge in [0.25, 0.3) is 0 Å². The SMILES string of the molecule is CCNC(=NCCC(=O)NC(C)CC)Nc1cccc(OCCCOC)c1.I. The molecule has 0 spiro atoms. The van der Waals surface area contributed by atoms with E-state index >= 15 is 0 Å². The quantitative estimate of drug-likeness (QED) is 0.175. The second-order valence-electron chi connectivity index (χ2n) is 6.24.